The van der Waals surface area contributed by atoms with Crippen molar-refractivity contribution in [1.82, 2.24) is 15.2 Å². The van der Waals surface area contributed by atoms with Gasteiger partial charge in [0, 0.05) is 18.3 Å². The lowest BCUT2D eigenvalue weighted by molar-refractivity contribution is 0.0942. The summed E-state index contributed by atoms with van der Waals surface area (Å²) in [5.74, 6) is -0.249. The molecule has 0 unspecified atom stereocenters. The number of likely N-dealkylation sites (N-methyl/N-ethyl adjacent to an activating group) is 1. The summed E-state index contributed by atoms with van der Waals surface area (Å²) < 4.78 is 0. The Bertz CT molecular complexity index is 579. The van der Waals surface area contributed by atoms with E-state index in [9.17, 15) is 9.59 Å². The van der Waals surface area contributed by atoms with Gasteiger partial charge in [0.2, 0.25) is 0 Å². The molecule has 1 saturated heterocycles. The smallest absolute Gasteiger partial charge is 0.261 e. The van der Waals surface area contributed by atoms with Crippen molar-refractivity contribution < 1.29 is 4.79 Å². The van der Waals surface area contributed by atoms with Crippen LogP contribution in [0.5, 0.6) is 0 Å². The Labute approximate surface area is 118 Å². The van der Waals surface area contributed by atoms with Gasteiger partial charge in [-0.1, -0.05) is 0 Å². The normalized spacial score (nSPS) is 21.9. The molecule has 0 bridgehead atoms. The van der Waals surface area contributed by atoms with Gasteiger partial charge in [-0.05, 0) is 57.3 Å². The minimum atomic E-state index is -0.261. The van der Waals surface area contributed by atoms with Crippen LogP contribution in [-0.2, 0) is 12.8 Å². The average Bonchev–Trinajstić information content (AvgIpc) is 3.03. The number of nitrogens with zero attached hydrogens (tertiary/aromatic N) is 1. The zero-order chi connectivity index (χ0) is 14.1. The Kier molecular flexibility index (Phi) is 3.61. The second-order valence-electron chi connectivity index (χ2n) is 5.86. The number of aromatic amines is 1. The van der Waals surface area contributed by atoms with Crippen LogP contribution < -0.4 is 10.9 Å². The molecule has 0 saturated carbocycles. The molecule has 0 radical (unpaired) electrons. The van der Waals surface area contributed by atoms with Crippen molar-refractivity contribution >= 4 is 5.91 Å². The lowest BCUT2D eigenvalue weighted by Crippen LogP contribution is -2.39. The molecule has 2 N–H and O–H groups in total. The number of fused-ring (bicyclic) bond motifs is 1. The predicted molar refractivity (Wildman–Crippen MR) is 77.1 cm³/mol. The molecule has 2 heterocycles. The Morgan fingerprint density at radius 1 is 1.45 bits per heavy atom. The summed E-state index contributed by atoms with van der Waals surface area (Å²) in [5, 5.41) is 2.90. The molecule has 1 aliphatic heterocycles. The topological polar surface area (TPSA) is 65.2 Å². The van der Waals surface area contributed by atoms with E-state index in [-0.39, 0.29) is 17.0 Å². The Balaban J connectivity index is 1.69. The number of carbonyl (C=O) groups is 1. The molecule has 20 heavy (non-hydrogen) atoms. The summed E-state index contributed by atoms with van der Waals surface area (Å²) in [7, 11) is 2.08. The maximum Gasteiger partial charge on any atom is 0.261 e. The first-order valence-corrected chi connectivity index (χ1v) is 7.38. The molecule has 1 aliphatic carbocycles. The second-order valence-corrected chi connectivity index (χ2v) is 5.86. The van der Waals surface area contributed by atoms with Crippen molar-refractivity contribution in [3.63, 3.8) is 0 Å². The van der Waals surface area contributed by atoms with Gasteiger partial charge in [-0.2, -0.15) is 0 Å². The highest BCUT2D eigenvalue weighted by atomic mass is 16.2. The first kappa shape index (κ1) is 13.4. The first-order valence-electron chi connectivity index (χ1n) is 7.38. The van der Waals surface area contributed by atoms with E-state index in [4.69, 9.17) is 0 Å². The molecule has 0 aromatic carbocycles. The molecule has 108 valence electrons. The zero-order valence-electron chi connectivity index (χ0n) is 11.9. The molecule has 0 spiro atoms. The number of hydrogen-bond donors (Lipinski definition) is 2. The van der Waals surface area contributed by atoms with Crippen LogP contribution in [0.25, 0.3) is 0 Å². The van der Waals surface area contributed by atoms with E-state index in [0.717, 1.165) is 43.5 Å². The summed E-state index contributed by atoms with van der Waals surface area (Å²) >= 11 is 0. The molecule has 1 atom stereocenters. The Morgan fingerprint density at radius 2 is 2.30 bits per heavy atom. The van der Waals surface area contributed by atoms with Gasteiger partial charge in [0.15, 0.2) is 0 Å². The van der Waals surface area contributed by atoms with Gasteiger partial charge >= 0.3 is 0 Å². The molecule has 5 heteroatoms. The molecule has 1 amide bonds. The van der Waals surface area contributed by atoms with Gasteiger partial charge in [-0.25, -0.2) is 0 Å². The summed E-state index contributed by atoms with van der Waals surface area (Å²) in [6.07, 6.45) is 5.22. The van der Waals surface area contributed by atoms with Crippen LogP contribution in [0.3, 0.4) is 0 Å². The lowest BCUT2D eigenvalue weighted by atomic mass is 10.1. The Hall–Kier alpha value is -1.62. The van der Waals surface area contributed by atoms with Gasteiger partial charge in [-0.3, -0.25) is 9.59 Å². The first-order chi connectivity index (χ1) is 9.65. The second kappa shape index (κ2) is 5.40. The maximum atomic E-state index is 12.2. The maximum absolute atomic E-state index is 12.2. The van der Waals surface area contributed by atoms with Gasteiger partial charge < -0.3 is 15.2 Å². The minimum absolute atomic E-state index is 0.249. The molecular formula is C15H21N3O2. The SMILES string of the molecule is CN1CCC[C@H]1CNC(=O)c1cc2c([nH]c1=O)CCC2. The predicted octanol–water partition coefficient (Wildman–Crippen LogP) is 0.688. The van der Waals surface area contributed by atoms with E-state index >= 15 is 0 Å². The number of rotatable bonds is 3. The minimum Gasteiger partial charge on any atom is -0.350 e. The third kappa shape index (κ3) is 2.50. The molecule has 3 rings (SSSR count). The summed E-state index contributed by atoms with van der Waals surface area (Å²) in [6.45, 7) is 1.70. The van der Waals surface area contributed by atoms with Crippen LogP contribution in [0.1, 0.15) is 40.9 Å². The number of H-pyrrole nitrogens is 1. The summed E-state index contributed by atoms with van der Waals surface area (Å²) in [5.41, 5.74) is 2.11. The number of aryl methyl sites for hydroxylation is 2. The van der Waals surface area contributed by atoms with E-state index in [1.165, 1.54) is 6.42 Å². The van der Waals surface area contributed by atoms with Crippen molar-refractivity contribution in [3.8, 4) is 0 Å². The lowest BCUT2D eigenvalue weighted by Gasteiger charge is -2.19. The number of likely N-dealkylation sites (tertiary alicyclic amines) is 1. The fourth-order valence-corrected chi connectivity index (χ4v) is 3.22. The number of amides is 1. The standard InChI is InChI=1S/C15H21N3O2/c1-18-7-3-5-11(18)9-16-14(19)12-8-10-4-2-6-13(10)17-15(12)20/h8,11H,2-7,9H2,1H3,(H,16,19)(H,17,20)/t11-/m0/s1. The number of aromatic nitrogens is 1. The van der Waals surface area contributed by atoms with Crippen LogP contribution in [0.15, 0.2) is 10.9 Å². The molecule has 2 aliphatic rings. The van der Waals surface area contributed by atoms with Gasteiger partial charge in [-0.15, -0.1) is 0 Å². The van der Waals surface area contributed by atoms with E-state index in [2.05, 4.69) is 22.2 Å². The highest BCUT2D eigenvalue weighted by Crippen LogP contribution is 2.19. The quantitative estimate of drug-likeness (QED) is 0.853. The van der Waals surface area contributed by atoms with Gasteiger partial charge in [0.25, 0.3) is 11.5 Å². The monoisotopic (exact) mass is 275 g/mol. The third-order valence-corrected chi connectivity index (χ3v) is 4.50. The largest absolute Gasteiger partial charge is 0.350 e. The van der Waals surface area contributed by atoms with Crippen molar-refractivity contribution in [2.24, 2.45) is 0 Å². The molecule has 1 fully saturated rings. The third-order valence-electron chi connectivity index (χ3n) is 4.50. The van der Waals surface area contributed by atoms with Crippen molar-refractivity contribution in [1.29, 1.82) is 0 Å². The summed E-state index contributed by atoms with van der Waals surface area (Å²) in [6, 6.07) is 2.17. The van der Waals surface area contributed by atoms with E-state index in [0.29, 0.717) is 12.6 Å². The van der Waals surface area contributed by atoms with Crippen molar-refractivity contribution in [2.45, 2.75) is 38.1 Å². The number of hydrogen-bond acceptors (Lipinski definition) is 3. The van der Waals surface area contributed by atoms with Crippen LogP contribution in [-0.4, -0.2) is 42.0 Å². The van der Waals surface area contributed by atoms with E-state index in [1.807, 2.05) is 0 Å². The van der Waals surface area contributed by atoms with Crippen LogP contribution in [0.4, 0.5) is 0 Å². The van der Waals surface area contributed by atoms with Crippen LogP contribution >= 0.6 is 0 Å². The fraction of sp³-hybridized carbons (Fsp3) is 0.600. The van der Waals surface area contributed by atoms with E-state index in [1.54, 1.807) is 6.07 Å². The van der Waals surface area contributed by atoms with Gasteiger partial charge in [0.05, 0.1) is 0 Å². The number of nitrogens with one attached hydrogen (secondary N) is 2. The zero-order valence-corrected chi connectivity index (χ0v) is 11.9. The van der Waals surface area contributed by atoms with E-state index < -0.39 is 0 Å². The Morgan fingerprint density at radius 3 is 3.05 bits per heavy atom. The number of pyridine rings is 1. The summed E-state index contributed by atoms with van der Waals surface area (Å²) in [4.78, 5) is 29.2. The van der Waals surface area contributed by atoms with Crippen LogP contribution in [0.2, 0.25) is 0 Å². The number of carbonyl (C=O) groups excluding carboxylic acids is 1. The fourth-order valence-electron chi connectivity index (χ4n) is 3.22. The van der Waals surface area contributed by atoms with Gasteiger partial charge in [0.1, 0.15) is 5.56 Å². The molecule has 1 aromatic heterocycles. The molecular weight excluding hydrogens is 254 g/mol. The highest BCUT2D eigenvalue weighted by Gasteiger charge is 2.23. The van der Waals surface area contributed by atoms with Crippen molar-refractivity contribution in [3.05, 3.63) is 33.2 Å². The molecule has 5 nitrogen and oxygen atoms in total. The average molecular weight is 275 g/mol. The van der Waals surface area contributed by atoms with Crippen LogP contribution in [0, 0.1) is 0 Å². The highest BCUT2D eigenvalue weighted by molar-refractivity contribution is 5.94. The van der Waals surface area contributed by atoms with Crippen molar-refractivity contribution in [2.75, 3.05) is 20.1 Å². The molecule has 1 aromatic rings.